The summed E-state index contributed by atoms with van der Waals surface area (Å²) in [5.74, 6) is 0.762. The molecule has 1 fully saturated rings. The zero-order valence-corrected chi connectivity index (χ0v) is 11.2. The fourth-order valence-electron chi connectivity index (χ4n) is 2.28. The van der Waals surface area contributed by atoms with E-state index < -0.39 is 0 Å². The van der Waals surface area contributed by atoms with Crippen molar-refractivity contribution in [1.82, 2.24) is 4.90 Å². The first kappa shape index (κ1) is 12.7. The number of anilines is 1. The van der Waals surface area contributed by atoms with Gasteiger partial charge in [-0.3, -0.25) is 5.41 Å². The van der Waals surface area contributed by atoms with E-state index in [9.17, 15) is 0 Å². The van der Waals surface area contributed by atoms with E-state index in [1.54, 1.807) is 0 Å². The number of guanidine groups is 1. The Morgan fingerprint density at radius 3 is 2.11 bits per heavy atom. The molecule has 4 heteroatoms. The lowest BCUT2D eigenvalue weighted by molar-refractivity contribution is 0.380. The zero-order chi connectivity index (χ0) is 13.1. The maximum absolute atomic E-state index is 7.42. The number of hydrogen-bond donors (Lipinski definition) is 2. The molecule has 0 bridgehead atoms. The van der Waals surface area contributed by atoms with Crippen LogP contribution in [0.25, 0.3) is 0 Å². The van der Waals surface area contributed by atoms with Gasteiger partial charge in [0.15, 0.2) is 5.96 Å². The number of hydrogen-bond acceptors (Lipinski definition) is 2. The minimum atomic E-state index is 0.185. The number of piperazine rings is 1. The molecule has 0 aliphatic carbocycles. The van der Waals surface area contributed by atoms with Crippen molar-refractivity contribution < 1.29 is 0 Å². The standard InChI is InChI=1S/C14H22N4/c1-11(2)12-3-5-13(6-4-12)17-7-9-18(10-8-17)14(15)16/h3-6,11H,7-10H2,1-2H3,(H3,15,16). The van der Waals surface area contributed by atoms with Crippen molar-refractivity contribution in [3.8, 4) is 0 Å². The van der Waals surface area contributed by atoms with Gasteiger partial charge in [0.2, 0.25) is 0 Å². The monoisotopic (exact) mass is 246 g/mol. The predicted octanol–water partition coefficient (Wildman–Crippen LogP) is 1.83. The molecule has 1 aromatic rings. The van der Waals surface area contributed by atoms with Crippen molar-refractivity contribution in [2.24, 2.45) is 5.73 Å². The molecule has 0 atom stereocenters. The highest BCUT2D eigenvalue weighted by molar-refractivity contribution is 5.75. The summed E-state index contributed by atoms with van der Waals surface area (Å²) in [6.45, 7) is 7.95. The topological polar surface area (TPSA) is 56.4 Å². The summed E-state index contributed by atoms with van der Waals surface area (Å²) in [5, 5.41) is 7.42. The first-order chi connectivity index (χ1) is 8.58. The largest absolute Gasteiger partial charge is 0.370 e. The van der Waals surface area contributed by atoms with E-state index >= 15 is 0 Å². The summed E-state index contributed by atoms with van der Waals surface area (Å²) in [7, 11) is 0. The minimum absolute atomic E-state index is 0.185. The summed E-state index contributed by atoms with van der Waals surface area (Å²) in [6, 6.07) is 8.80. The smallest absolute Gasteiger partial charge is 0.188 e. The molecular weight excluding hydrogens is 224 g/mol. The quantitative estimate of drug-likeness (QED) is 0.618. The average molecular weight is 246 g/mol. The van der Waals surface area contributed by atoms with Gasteiger partial charge in [-0.2, -0.15) is 0 Å². The van der Waals surface area contributed by atoms with Crippen LogP contribution < -0.4 is 10.6 Å². The van der Waals surface area contributed by atoms with Crippen LogP contribution in [0.15, 0.2) is 24.3 Å². The Labute approximate surface area is 109 Å². The molecule has 0 saturated carbocycles. The van der Waals surface area contributed by atoms with Crippen molar-refractivity contribution in [3.63, 3.8) is 0 Å². The Balaban J connectivity index is 1.99. The molecule has 1 heterocycles. The van der Waals surface area contributed by atoms with Crippen LogP contribution in [-0.2, 0) is 0 Å². The minimum Gasteiger partial charge on any atom is -0.370 e. The van der Waals surface area contributed by atoms with Gasteiger partial charge in [0.25, 0.3) is 0 Å². The third-order valence-corrected chi connectivity index (χ3v) is 3.55. The number of nitrogens with two attached hydrogens (primary N) is 1. The van der Waals surface area contributed by atoms with Crippen LogP contribution in [0.2, 0.25) is 0 Å². The molecular formula is C14H22N4. The van der Waals surface area contributed by atoms with Crippen molar-refractivity contribution in [2.75, 3.05) is 31.1 Å². The highest BCUT2D eigenvalue weighted by atomic mass is 15.3. The van der Waals surface area contributed by atoms with Gasteiger partial charge in [-0.25, -0.2) is 0 Å². The Kier molecular flexibility index (Phi) is 3.75. The van der Waals surface area contributed by atoms with E-state index in [-0.39, 0.29) is 5.96 Å². The Bertz CT molecular complexity index is 402. The summed E-state index contributed by atoms with van der Waals surface area (Å²) in [6.07, 6.45) is 0. The van der Waals surface area contributed by atoms with Crippen molar-refractivity contribution in [3.05, 3.63) is 29.8 Å². The normalized spacial score (nSPS) is 16.2. The Morgan fingerprint density at radius 1 is 1.11 bits per heavy atom. The highest BCUT2D eigenvalue weighted by Crippen LogP contribution is 2.21. The van der Waals surface area contributed by atoms with Gasteiger partial charge in [0.05, 0.1) is 0 Å². The van der Waals surface area contributed by atoms with E-state index in [0.717, 1.165) is 26.2 Å². The summed E-state index contributed by atoms with van der Waals surface area (Å²) in [4.78, 5) is 4.27. The van der Waals surface area contributed by atoms with Crippen LogP contribution in [0, 0.1) is 5.41 Å². The average Bonchev–Trinajstić information content (AvgIpc) is 2.39. The molecule has 0 radical (unpaired) electrons. The molecule has 1 aliphatic heterocycles. The van der Waals surface area contributed by atoms with Gasteiger partial charge < -0.3 is 15.5 Å². The number of nitrogens with zero attached hydrogens (tertiary/aromatic N) is 2. The Hall–Kier alpha value is -1.71. The Morgan fingerprint density at radius 2 is 1.67 bits per heavy atom. The van der Waals surface area contributed by atoms with E-state index in [1.807, 2.05) is 4.90 Å². The van der Waals surface area contributed by atoms with E-state index in [2.05, 4.69) is 43.0 Å². The molecule has 98 valence electrons. The summed E-state index contributed by atoms with van der Waals surface area (Å²) in [5.41, 5.74) is 8.14. The zero-order valence-electron chi connectivity index (χ0n) is 11.2. The lowest BCUT2D eigenvalue weighted by atomic mass is 10.0. The molecule has 0 spiro atoms. The number of nitrogens with one attached hydrogen (secondary N) is 1. The molecule has 2 rings (SSSR count). The molecule has 0 amide bonds. The van der Waals surface area contributed by atoms with E-state index in [1.165, 1.54) is 11.3 Å². The molecule has 1 aromatic carbocycles. The van der Waals surface area contributed by atoms with Crippen LogP contribution in [0.1, 0.15) is 25.3 Å². The summed E-state index contributed by atoms with van der Waals surface area (Å²) >= 11 is 0. The summed E-state index contributed by atoms with van der Waals surface area (Å²) < 4.78 is 0. The predicted molar refractivity (Wildman–Crippen MR) is 76.2 cm³/mol. The second kappa shape index (κ2) is 5.29. The molecule has 0 aromatic heterocycles. The van der Waals surface area contributed by atoms with E-state index in [4.69, 9.17) is 11.1 Å². The molecule has 18 heavy (non-hydrogen) atoms. The SMILES string of the molecule is CC(C)c1ccc(N2CCN(C(=N)N)CC2)cc1. The third-order valence-electron chi connectivity index (χ3n) is 3.55. The third kappa shape index (κ3) is 2.75. The highest BCUT2D eigenvalue weighted by Gasteiger charge is 2.17. The van der Waals surface area contributed by atoms with Gasteiger partial charge in [-0.15, -0.1) is 0 Å². The van der Waals surface area contributed by atoms with Crippen LogP contribution in [0.3, 0.4) is 0 Å². The lowest BCUT2D eigenvalue weighted by Gasteiger charge is -2.36. The first-order valence-corrected chi connectivity index (χ1v) is 6.52. The van der Waals surface area contributed by atoms with Crippen molar-refractivity contribution in [2.45, 2.75) is 19.8 Å². The molecule has 3 N–H and O–H groups in total. The number of rotatable bonds is 2. The van der Waals surface area contributed by atoms with Gasteiger partial charge in [-0.05, 0) is 23.6 Å². The fourth-order valence-corrected chi connectivity index (χ4v) is 2.28. The molecule has 0 unspecified atom stereocenters. The van der Waals surface area contributed by atoms with Crippen LogP contribution in [0.4, 0.5) is 5.69 Å². The second-order valence-corrected chi connectivity index (χ2v) is 5.11. The van der Waals surface area contributed by atoms with E-state index in [0.29, 0.717) is 5.92 Å². The molecule has 4 nitrogen and oxygen atoms in total. The molecule has 1 aliphatic rings. The van der Waals surface area contributed by atoms with Gasteiger partial charge in [0, 0.05) is 31.9 Å². The van der Waals surface area contributed by atoms with Gasteiger partial charge >= 0.3 is 0 Å². The van der Waals surface area contributed by atoms with Crippen LogP contribution >= 0.6 is 0 Å². The van der Waals surface area contributed by atoms with Crippen molar-refractivity contribution >= 4 is 11.6 Å². The van der Waals surface area contributed by atoms with Gasteiger partial charge in [-0.1, -0.05) is 26.0 Å². The second-order valence-electron chi connectivity index (χ2n) is 5.11. The first-order valence-electron chi connectivity index (χ1n) is 6.52. The van der Waals surface area contributed by atoms with Crippen LogP contribution in [0.5, 0.6) is 0 Å². The maximum atomic E-state index is 7.42. The fraction of sp³-hybridized carbons (Fsp3) is 0.500. The molecule has 1 saturated heterocycles. The maximum Gasteiger partial charge on any atom is 0.188 e. The van der Waals surface area contributed by atoms with Gasteiger partial charge in [0.1, 0.15) is 0 Å². The lowest BCUT2D eigenvalue weighted by Crippen LogP contribution is -2.50. The van der Waals surface area contributed by atoms with Crippen molar-refractivity contribution in [1.29, 1.82) is 5.41 Å². The number of benzene rings is 1. The van der Waals surface area contributed by atoms with Crippen LogP contribution in [-0.4, -0.2) is 37.0 Å².